The number of rotatable bonds is 7. The summed E-state index contributed by atoms with van der Waals surface area (Å²) in [5.74, 6) is -1.74. The molecule has 2 rings (SSSR count). The maximum atomic E-state index is 12.1. The van der Waals surface area contributed by atoms with E-state index in [9.17, 15) is 23.2 Å². The number of para-hydroxylation sites is 1. The molecule has 0 saturated carbocycles. The second-order valence-corrected chi connectivity index (χ2v) is 5.13. The van der Waals surface area contributed by atoms with Gasteiger partial charge in [-0.2, -0.15) is 8.78 Å². The van der Waals surface area contributed by atoms with E-state index in [0.29, 0.717) is 11.3 Å². The summed E-state index contributed by atoms with van der Waals surface area (Å²) in [6.45, 7) is -2.17. The van der Waals surface area contributed by atoms with Crippen LogP contribution in [0.4, 0.5) is 14.5 Å². The smallest absolute Gasteiger partial charge is 0.387 e. The molecule has 0 fully saturated rings. The molecule has 26 heavy (non-hydrogen) atoms. The molecule has 0 unspecified atom stereocenters. The number of halogens is 2. The van der Waals surface area contributed by atoms with Crippen molar-refractivity contribution in [2.45, 2.75) is 13.5 Å². The maximum Gasteiger partial charge on any atom is 0.387 e. The molecule has 0 bridgehead atoms. The number of hydrogen-bond acceptors (Lipinski definition) is 5. The van der Waals surface area contributed by atoms with E-state index < -0.39 is 25.1 Å². The van der Waals surface area contributed by atoms with Crippen molar-refractivity contribution in [3.05, 3.63) is 59.7 Å². The zero-order valence-electron chi connectivity index (χ0n) is 13.7. The van der Waals surface area contributed by atoms with Gasteiger partial charge in [0.05, 0.1) is 11.3 Å². The average Bonchev–Trinajstić information content (AvgIpc) is 2.60. The standard InChI is InChI=1S/C18H15F2NO5/c1-11(22)14-4-2-3-5-15(14)21-16(23)10-25-17(24)12-6-8-13(9-7-12)26-18(19)20/h2-9,18H,10H2,1H3,(H,21,23). The summed E-state index contributed by atoms with van der Waals surface area (Å²) in [5.41, 5.74) is 0.722. The molecule has 0 saturated heterocycles. The zero-order chi connectivity index (χ0) is 19.1. The molecule has 136 valence electrons. The molecule has 0 aromatic heterocycles. The highest BCUT2D eigenvalue weighted by molar-refractivity contribution is 6.04. The molecular formula is C18H15F2NO5. The van der Waals surface area contributed by atoms with Crippen LogP contribution in [-0.2, 0) is 9.53 Å². The van der Waals surface area contributed by atoms with Crippen molar-refractivity contribution in [1.82, 2.24) is 0 Å². The van der Waals surface area contributed by atoms with Gasteiger partial charge in [0.25, 0.3) is 5.91 Å². The first-order valence-electron chi connectivity index (χ1n) is 7.48. The minimum atomic E-state index is -2.96. The predicted octanol–water partition coefficient (Wildman–Crippen LogP) is 3.29. The third-order valence-electron chi connectivity index (χ3n) is 3.23. The van der Waals surface area contributed by atoms with Crippen molar-refractivity contribution in [3.8, 4) is 5.75 Å². The third-order valence-corrected chi connectivity index (χ3v) is 3.23. The Labute approximate surface area is 147 Å². The van der Waals surface area contributed by atoms with E-state index in [1.807, 2.05) is 0 Å². The number of carbonyl (C=O) groups excluding carboxylic acids is 3. The number of hydrogen-bond donors (Lipinski definition) is 1. The number of anilines is 1. The minimum Gasteiger partial charge on any atom is -0.452 e. The second kappa shape index (κ2) is 8.70. The van der Waals surface area contributed by atoms with Gasteiger partial charge in [-0.15, -0.1) is 0 Å². The number of amides is 1. The summed E-state index contributed by atoms with van der Waals surface area (Å²) < 4.78 is 33.2. The van der Waals surface area contributed by atoms with E-state index >= 15 is 0 Å². The fraction of sp³-hybridized carbons (Fsp3) is 0.167. The van der Waals surface area contributed by atoms with Gasteiger partial charge < -0.3 is 14.8 Å². The van der Waals surface area contributed by atoms with Gasteiger partial charge in [0.15, 0.2) is 12.4 Å². The lowest BCUT2D eigenvalue weighted by atomic mass is 10.1. The van der Waals surface area contributed by atoms with Gasteiger partial charge in [-0.05, 0) is 43.3 Å². The summed E-state index contributed by atoms with van der Waals surface area (Å²) in [5, 5.41) is 2.49. The number of benzene rings is 2. The van der Waals surface area contributed by atoms with Crippen molar-refractivity contribution >= 4 is 23.3 Å². The first-order chi connectivity index (χ1) is 12.4. The average molecular weight is 363 g/mol. The number of esters is 1. The Morgan fingerprint density at radius 1 is 1.04 bits per heavy atom. The molecule has 2 aromatic rings. The van der Waals surface area contributed by atoms with Crippen LogP contribution in [-0.4, -0.2) is 30.9 Å². The van der Waals surface area contributed by atoms with Crippen LogP contribution in [0.15, 0.2) is 48.5 Å². The summed E-state index contributed by atoms with van der Waals surface area (Å²) in [7, 11) is 0. The van der Waals surface area contributed by atoms with Crippen LogP contribution < -0.4 is 10.1 Å². The fourth-order valence-electron chi connectivity index (χ4n) is 2.07. The van der Waals surface area contributed by atoms with E-state index in [2.05, 4.69) is 10.1 Å². The van der Waals surface area contributed by atoms with E-state index in [0.717, 1.165) is 0 Å². The Morgan fingerprint density at radius 3 is 2.31 bits per heavy atom. The molecule has 0 aliphatic rings. The van der Waals surface area contributed by atoms with Crippen molar-refractivity contribution in [3.63, 3.8) is 0 Å². The van der Waals surface area contributed by atoms with Gasteiger partial charge in [0.2, 0.25) is 0 Å². The molecule has 0 spiro atoms. The zero-order valence-corrected chi connectivity index (χ0v) is 13.7. The van der Waals surface area contributed by atoms with Crippen LogP contribution in [0.2, 0.25) is 0 Å². The first-order valence-corrected chi connectivity index (χ1v) is 7.48. The van der Waals surface area contributed by atoms with Crippen LogP contribution >= 0.6 is 0 Å². The van der Waals surface area contributed by atoms with Gasteiger partial charge in [-0.3, -0.25) is 9.59 Å². The van der Waals surface area contributed by atoms with E-state index in [1.54, 1.807) is 24.3 Å². The molecule has 6 nitrogen and oxygen atoms in total. The normalized spacial score (nSPS) is 10.3. The van der Waals surface area contributed by atoms with E-state index in [-0.39, 0.29) is 17.1 Å². The molecular weight excluding hydrogens is 348 g/mol. The van der Waals surface area contributed by atoms with Crippen molar-refractivity contribution in [2.75, 3.05) is 11.9 Å². The maximum absolute atomic E-state index is 12.1. The quantitative estimate of drug-likeness (QED) is 0.603. The Kier molecular flexibility index (Phi) is 6.37. The lowest BCUT2D eigenvalue weighted by Crippen LogP contribution is -2.22. The van der Waals surface area contributed by atoms with Gasteiger partial charge in [0.1, 0.15) is 5.75 Å². The number of carbonyl (C=O) groups is 3. The first kappa shape index (κ1) is 19.0. The summed E-state index contributed by atoms with van der Waals surface area (Å²) in [6.07, 6.45) is 0. The number of ether oxygens (including phenoxy) is 2. The monoisotopic (exact) mass is 363 g/mol. The molecule has 8 heteroatoms. The number of nitrogens with one attached hydrogen (secondary N) is 1. The highest BCUT2D eigenvalue weighted by atomic mass is 19.3. The summed E-state index contributed by atoms with van der Waals surface area (Å²) in [4.78, 5) is 35.3. The molecule has 1 amide bonds. The lowest BCUT2D eigenvalue weighted by Gasteiger charge is -2.10. The highest BCUT2D eigenvalue weighted by Gasteiger charge is 2.13. The van der Waals surface area contributed by atoms with Gasteiger partial charge in [-0.1, -0.05) is 12.1 Å². The van der Waals surface area contributed by atoms with Crippen LogP contribution in [0.1, 0.15) is 27.6 Å². The molecule has 2 aromatic carbocycles. The van der Waals surface area contributed by atoms with Crippen LogP contribution in [0.25, 0.3) is 0 Å². The van der Waals surface area contributed by atoms with E-state index in [4.69, 9.17) is 4.74 Å². The number of ketones is 1. The SMILES string of the molecule is CC(=O)c1ccccc1NC(=O)COC(=O)c1ccc(OC(F)F)cc1. The minimum absolute atomic E-state index is 0.0727. The van der Waals surface area contributed by atoms with Crippen LogP contribution in [0.3, 0.4) is 0 Å². The third kappa shape index (κ3) is 5.37. The molecule has 0 aliphatic carbocycles. The number of Topliss-reactive ketones (excluding diaryl/α,β-unsaturated/α-hetero) is 1. The topological polar surface area (TPSA) is 81.7 Å². The molecule has 0 aliphatic heterocycles. The van der Waals surface area contributed by atoms with E-state index in [1.165, 1.54) is 31.2 Å². The molecule has 0 radical (unpaired) electrons. The van der Waals surface area contributed by atoms with Crippen molar-refractivity contribution < 1.29 is 32.6 Å². The Balaban J connectivity index is 1.91. The largest absolute Gasteiger partial charge is 0.452 e. The lowest BCUT2D eigenvalue weighted by molar-refractivity contribution is -0.119. The van der Waals surface area contributed by atoms with Gasteiger partial charge in [0, 0.05) is 5.56 Å². The molecule has 0 heterocycles. The van der Waals surface area contributed by atoms with Gasteiger partial charge in [-0.25, -0.2) is 4.79 Å². The Morgan fingerprint density at radius 2 is 1.69 bits per heavy atom. The van der Waals surface area contributed by atoms with Crippen LogP contribution in [0.5, 0.6) is 5.75 Å². The number of alkyl halides is 2. The fourth-order valence-corrected chi connectivity index (χ4v) is 2.07. The molecule has 1 N–H and O–H groups in total. The van der Waals surface area contributed by atoms with Crippen molar-refractivity contribution in [2.24, 2.45) is 0 Å². The van der Waals surface area contributed by atoms with Gasteiger partial charge >= 0.3 is 12.6 Å². The molecule has 0 atom stereocenters. The summed E-state index contributed by atoms with van der Waals surface area (Å²) in [6, 6.07) is 11.3. The highest BCUT2D eigenvalue weighted by Crippen LogP contribution is 2.17. The Hall–Kier alpha value is -3.29. The van der Waals surface area contributed by atoms with Crippen LogP contribution in [0, 0.1) is 0 Å². The summed E-state index contributed by atoms with van der Waals surface area (Å²) >= 11 is 0. The predicted molar refractivity (Wildman–Crippen MR) is 88.4 cm³/mol. The van der Waals surface area contributed by atoms with Crippen molar-refractivity contribution in [1.29, 1.82) is 0 Å². The second-order valence-electron chi connectivity index (χ2n) is 5.13. The Bertz CT molecular complexity index is 805.